The Morgan fingerprint density at radius 2 is 1.81 bits per heavy atom. The van der Waals surface area contributed by atoms with Gasteiger partial charge >= 0.3 is 0 Å². The number of nitrogens with two attached hydrogens (primary N) is 1. The summed E-state index contributed by atoms with van der Waals surface area (Å²) in [6.45, 7) is 3.39. The molecular formula is C19H20N4O4. The number of anilines is 3. The molecule has 2 aromatic carbocycles. The van der Waals surface area contributed by atoms with Gasteiger partial charge in [0.15, 0.2) is 6.10 Å². The molecule has 1 aliphatic heterocycles. The van der Waals surface area contributed by atoms with Crippen molar-refractivity contribution in [2.45, 2.75) is 26.0 Å². The monoisotopic (exact) mass is 368 g/mol. The van der Waals surface area contributed by atoms with Crippen molar-refractivity contribution < 1.29 is 19.1 Å². The summed E-state index contributed by atoms with van der Waals surface area (Å²) in [5.74, 6) is -0.418. The molecule has 0 radical (unpaired) electrons. The van der Waals surface area contributed by atoms with E-state index >= 15 is 0 Å². The van der Waals surface area contributed by atoms with Crippen molar-refractivity contribution in [3.05, 3.63) is 48.0 Å². The van der Waals surface area contributed by atoms with Gasteiger partial charge in [0.05, 0.1) is 5.69 Å². The first kappa shape index (κ1) is 18.2. The molecule has 0 unspecified atom stereocenters. The number of carbonyl (C=O) groups is 3. The zero-order valence-corrected chi connectivity index (χ0v) is 14.9. The lowest BCUT2D eigenvalue weighted by molar-refractivity contribution is -0.122. The average Bonchev–Trinajstić information content (AvgIpc) is 2.63. The fraction of sp³-hybridized carbons (Fsp3) is 0.211. The van der Waals surface area contributed by atoms with E-state index in [4.69, 9.17) is 10.5 Å². The van der Waals surface area contributed by atoms with Crippen LogP contribution in [0.1, 0.15) is 24.2 Å². The summed E-state index contributed by atoms with van der Waals surface area (Å²) < 4.78 is 5.50. The third-order valence-electron chi connectivity index (χ3n) is 4.12. The SMILES string of the molecule is C[C@@H]1Oc2ccc(N[C@H](C)C(=O)Nc3ccc(C(N)=O)cc3)cc2NC1=O. The number of carbonyl (C=O) groups excluding carboxylic acids is 3. The van der Waals surface area contributed by atoms with E-state index in [1.807, 2.05) is 0 Å². The molecule has 2 atom stereocenters. The van der Waals surface area contributed by atoms with Gasteiger partial charge in [0.1, 0.15) is 11.8 Å². The van der Waals surface area contributed by atoms with Gasteiger partial charge in [-0.2, -0.15) is 0 Å². The Morgan fingerprint density at radius 3 is 2.48 bits per heavy atom. The maximum atomic E-state index is 12.4. The van der Waals surface area contributed by atoms with Crippen LogP contribution >= 0.6 is 0 Å². The van der Waals surface area contributed by atoms with E-state index in [9.17, 15) is 14.4 Å². The molecule has 8 nitrogen and oxygen atoms in total. The topological polar surface area (TPSA) is 123 Å². The van der Waals surface area contributed by atoms with E-state index in [1.54, 1.807) is 56.3 Å². The van der Waals surface area contributed by atoms with E-state index in [-0.39, 0.29) is 11.8 Å². The van der Waals surface area contributed by atoms with Crippen molar-refractivity contribution >= 4 is 34.8 Å². The van der Waals surface area contributed by atoms with E-state index in [2.05, 4.69) is 16.0 Å². The molecule has 0 fully saturated rings. The predicted molar refractivity (Wildman–Crippen MR) is 102 cm³/mol. The summed E-state index contributed by atoms with van der Waals surface area (Å²) in [5.41, 5.74) is 7.33. The fourth-order valence-electron chi connectivity index (χ4n) is 2.58. The minimum absolute atomic E-state index is 0.218. The highest BCUT2D eigenvalue weighted by Gasteiger charge is 2.24. The molecular weight excluding hydrogens is 348 g/mol. The van der Waals surface area contributed by atoms with Crippen LogP contribution in [0.2, 0.25) is 0 Å². The Hall–Kier alpha value is -3.55. The Morgan fingerprint density at radius 1 is 1.15 bits per heavy atom. The van der Waals surface area contributed by atoms with Gasteiger partial charge in [-0.1, -0.05) is 0 Å². The number of hydrogen-bond donors (Lipinski definition) is 4. The molecule has 0 bridgehead atoms. The highest BCUT2D eigenvalue weighted by Crippen LogP contribution is 2.32. The summed E-state index contributed by atoms with van der Waals surface area (Å²) in [7, 11) is 0. The molecule has 2 aromatic rings. The first-order valence-corrected chi connectivity index (χ1v) is 8.42. The molecule has 0 aromatic heterocycles. The number of fused-ring (bicyclic) bond motifs is 1. The van der Waals surface area contributed by atoms with Crippen molar-refractivity contribution in [2.24, 2.45) is 5.73 Å². The summed E-state index contributed by atoms with van der Waals surface area (Å²) in [6, 6.07) is 11.0. The standard InChI is InChI=1S/C19H20N4O4/c1-10(18(25)22-13-5-3-12(4-6-13)17(20)24)21-14-7-8-16-15(9-14)23-19(26)11(2)27-16/h3-11,21H,1-2H3,(H2,20,24)(H,22,25)(H,23,26)/t10-,11+/m1/s1. The summed E-state index contributed by atoms with van der Waals surface area (Å²) >= 11 is 0. The Labute approximate surface area is 156 Å². The Bertz CT molecular complexity index is 895. The minimum atomic E-state index is -0.544. The maximum Gasteiger partial charge on any atom is 0.265 e. The normalized spacial score (nSPS) is 16.4. The summed E-state index contributed by atoms with van der Waals surface area (Å²) in [4.78, 5) is 35.2. The molecule has 0 saturated heterocycles. The Balaban J connectivity index is 1.63. The molecule has 27 heavy (non-hydrogen) atoms. The van der Waals surface area contributed by atoms with Crippen molar-refractivity contribution in [2.75, 3.05) is 16.0 Å². The molecule has 8 heteroatoms. The Kier molecular flexibility index (Phi) is 4.98. The van der Waals surface area contributed by atoms with E-state index in [1.165, 1.54) is 0 Å². The minimum Gasteiger partial charge on any atom is -0.479 e. The van der Waals surface area contributed by atoms with Crippen LogP contribution in [0.5, 0.6) is 5.75 Å². The van der Waals surface area contributed by atoms with Gasteiger partial charge in [0.25, 0.3) is 5.91 Å². The molecule has 3 rings (SSSR count). The zero-order valence-electron chi connectivity index (χ0n) is 14.9. The first-order valence-electron chi connectivity index (χ1n) is 8.42. The number of primary amides is 1. The molecule has 0 spiro atoms. The van der Waals surface area contributed by atoms with Crippen LogP contribution in [-0.2, 0) is 9.59 Å². The third-order valence-corrected chi connectivity index (χ3v) is 4.12. The highest BCUT2D eigenvalue weighted by atomic mass is 16.5. The fourth-order valence-corrected chi connectivity index (χ4v) is 2.58. The molecule has 0 aliphatic carbocycles. The smallest absolute Gasteiger partial charge is 0.265 e. The second-order valence-corrected chi connectivity index (χ2v) is 6.26. The lowest BCUT2D eigenvalue weighted by Crippen LogP contribution is -2.34. The van der Waals surface area contributed by atoms with Gasteiger partial charge in [-0.15, -0.1) is 0 Å². The van der Waals surface area contributed by atoms with Gasteiger partial charge in [-0.05, 0) is 56.3 Å². The van der Waals surface area contributed by atoms with Crippen LogP contribution in [0.25, 0.3) is 0 Å². The summed E-state index contributed by atoms with van der Waals surface area (Å²) in [5, 5.41) is 8.59. The van der Waals surface area contributed by atoms with Crippen LogP contribution in [0.15, 0.2) is 42.5 Å². The lowest BCUT2D eigenvalue weighted by atomic mass is 10.2. The van der Waals surface area contributed by atoms with Crippen LogP contribution in [-0.4, -0.2) is 29.9 Å². The molecule has 140 valence electrons. The van der Waals surface area contributed by atoms with Crippen molar-refractivity contribution in [1.82, 2.24) is 0 Å². The second-order valence-electron chi connectivity index (χ2n) is 6.26. The second kappa shape index (κ2) is 7.36. The zero-order chi connectivity index (χ0) is 19.6. The molecule has 1 heterocycles. The quantitative estimate of drug-likeness (QED) is 0.642. The van der Waals surface area contributed by atoms with Crippen LogP contribution in [0, 0.1) is 0 Å². The van der Waals surface area contributed by atoms with Gasteiger partial charge in [0.2, 0.25) is 11.8 Å². The average molecular weight is 368 g/mol. The lowest BCUT2D eigenvalue weighted by Gasteiger charge is -2.24. The van der Waals surface area contributed by atoms with Crippen LogP contribution in [0.3, 0.4) is 0 Å². The van der Waals surface area contributed by atoms with E-state index in [0.717, 1.165) is 0 Å². The van der Waals surface area contributed by atoms with Crippen molar-refractivity contribution in [3.63, 3.8) is 0 Å². The van der Waals surface area contributed by atoms with Crippen LogP contribution < -0.4 is 26.4 Å². The number of benzene rings is 2. The summed E-state index contributed by atoms with van der Waals surface area (Å²) in [6.07, 6.45) is -0.540. The van der Waals surface area contributed by atoms with Crippen molar-refractivity contribution in [1.29, 1.82) is 0 Å². The third kappa shape index (κ3) is 4.17. The molecule has 5 N–H and O–H groups in total. The maximum absolute atomic E-state index is 12.4. The van der Waals surface area contributed by atoms with Gasteiger partial charge < -0.3 is 26.4 Å². The number of ether oxygens (including phenoxy) is 1. The molecule has 3 amide bonds. The van der Waals surface area contributed by atoms with Crippen LogP contribution in [0.4, 0.5) is 17.1 Å². The molecule has 1 aliphatic rings. The van der Waals surface area contributed by atoms with Gasteiger partial charge in [0, 0.05) is 16.9 Å². The molecule has 0 saturated carbocycles. The number of rotatable bonds is 5. The van der Waals surface area contributed by atoms with Gasteiger partial charge in [-0.25, -0.2) is 0 Å². The van der Waals surface area contributed by atoms with Crippen molar-refractivity contribution in [3.8, 4) is 5.75 Å². The van der Waals surface area contributed by atoms with E-state index < -0.39 is 18.1 Å². The van der Waals surface area contributed by atoms with Gasteiger partial charge in [-0.3, -0.25) is 14.4 Å². The number of nitrogens with one attached hydrogen (secondary N) is 3. The largest absolute Gasteiger partial charge is 0.479 e. The van der Waals surface area contributed by atoms with E-state index in [0.29, 0.717) is 28.4 Å². The predicted octanol–water partition coefficient (Wildman–Crippen LogP) is 1.94. The number of amides is 3. The first-order chi connectivity index (χ1) is 12.8. The highest BCUT2D eigenvalue weighted by molar-refractivity contribution is 5.99. The number of hydrogen-bond acceptors (Lipinski definition) is 5.